The molecular formula is C14H20BrNO. The van der Waals surface area contributed by atoms with Crippen LogP contribution in [0.2, 0.25) is 0 Å². The Balaban J connectivity index is 2.07. The Hall–Kier alpha value is -0.380. The zero-order chi connectivity index (χ0) is 12.1. The lowest BCUT2D eigenvalue weighted by molar-refractivity contribution is 0.0960. The van der Waals surface area contributed by atoms with Gasteiger partial charge in [0.1, 0.15) is 0 Å². The highest BCUT2D eigenvalue weighted by Crippen LogP contribution is 2.31. The van der Waals surface area contributed by atoms with E-state index in [1.165, 1.54) is 31.4 Å². The quantitative estimate of drug-likeness (QED) is 0.842. The number of rotatable bonds is 4. The van der Waals surface area contributed by atoms with Crippen LogP contribution in [0.25, 0.3) is 0 Å². The van der Waals surface area contributed by atoms with Gasteiger partial charge in [-0.25, -0.2) is 0 Å². The number of ether oxygens (including phenoxy) is 1. The van der Waals surface area contributed by atoms with Crippen molar-refractivity contribution in [3.63, 3.8) is 0 Å². The Morgan fingerprint density at radius 3 is 2.76 bits per heavy atom. The van der Waals surface area contributed by atoms with Crippen molar-refractivity contribution in [2.75, 3.05) is 26.8 Å². The van der Waals surface area contributed by atoms with Gasteiger partial charge in [-0.05, 0) is 37.1 Å². The number of nitrogens with zero attached hydrogens (tertiary/aromatic N) is 1. The summed E-state index contributed by atoms with van der Waals surface area (Å²) in [6.07, 6.45) is 3.92. The van der Waals surface area contributed by atoms with Gasteiger partial charge in [0, 0.05) is 24.2 Å². The van der Waals surface area contributed by atoms with Gasteiger partial charge in [-0.3, -0.25) is 4.90 Å². The predicted molar refractivity (Wildman–Crippen MR) is 74.2 cm³/mol. The summed E-state index contributed by atoms with van der Waals surface area (Å²) < 4.78 is 6.35. The molecule has 0 amide bonds. The van der Waals surface area contributed by atoms with Crippen LogP contribution in [-0.2, 0) is 4.74 Å². The lowest BCUT2D eigenvalue weighted by atomic mass is 9.95. The molecule has 94 valence electrons. The molecule has 0 radical (unpaired) electrons. The zero-order valence-corrected chi connectivity index (χ0v) is 11.9. The van der Waals surface area contributed by atoms with Crippen LogP contribution in [0.3, 0.4) is 0 Å². The molecule has 1 aliphatic heterocycles. The third-order valence-corrected chi connectivity index (χ3v) is 3.98. The first-order chi connectivity index (χ1) is 8.31. The molecule has 2 nitrogen and oxygen atoms in total. The van der Waals surface area contributed by atoms with Crippen molar-refractivity contribution < 1.29 is 4.74 Å². The van der Waals surface area contributed by atoms with Crippen molar-refractivity contribution in [2.45, 2.75) is 25.3 Å². The Morgan fingerprint density at radius 2 is 2.06 bits per heavy atom. The van der Waals surface area contributed by atoms with Gasteiger partial charge < -0.3 is 4.74 Å². The van der Waals surface area contributed by atoms with Crippen molar-refractivity contribution in [3.8, 4) is 0 Å². The fourth-order valence-electron chi connectivity index (χ4n) is 2.53. The Morgan fingerprint density at radius 1 is 1.29 bits per heavy atom. The molecule has 1 aromatic carbocycles. The zero-order valence-electron chi connectivity index (χ0n) is 10.4. The van der Waals surface area contributed by atoms with E-state index in [1.807, 2.05) is 0 Å². The van der Waals surface area contributed by atoms with Crippen molar-refractivity contribution in [3.05, 3.63) is 34.3 Å². The first-order valence-electron chi connectivity index (χ1n) is 6.29. The molecule has 3 heteroatoms. The maximum atomic E-state index is 5.20. The molecule has 0 saturated carbocycles. The number of halogens is 1. The van der Waals surface area contributed by atoms with Gasteiger partial charge in [0.25, 0.3) is 0 Å². The van der Waals surface area contributed by atoms with E-state index >= 15 is 0 Å². The molecule has 1 atom stereocenters. The molecule has 1 fully saturated rings. The summed E-state index contributed by atoms with van der Waals surface area (Å²) >= 11 is 3.49. The highest BCUT2D eigenvalue weighted by atomic mass is 79.9. The topological polar surface area (TPSA) is 12.5 Å². The molecular weight excluding hydrogens is 278 g/mol. The smallest absolute Gasteiger partial charge is 0.0589 e. The third kappa shape index (κ3) is 3.54. The van der Waals surface area contributed by atoms with Crippen molar-refractivity contribution in [1.29, 1.82) is 0 Å². The van der Waals surface area contributed by atoms with Crippen molar-refractivity contribution in [1.82, 2.24) is 4.90 Å². The molecule has 0 N–H and O–H groups in total. The minimum Gasteiger partial charge on any atom is -0.383 e. The largest absolute Gasteiger partial charge is 0.383 e. The number of hydrogen-bond acceptors (Lipinski definition) is 2. The fraction of sp³-hybridized carbons (Fsp3) is 0.571. The molecule has 1 heterocycles. The second-order valence-corrected chi connectivity index (χ2v) is 5.51. The van der Waals surface area contributed by atoms with Crippen LogP contribution < -0.4 is 0 Å². The van der Waals surface area contributed by atoms with E-state index in [2.05, 4.69) is 45.1 Å². The number of likely N-dealkylation sites (tertiary alicyclic amines) is 1. The van der Waals surface area contributed by atoms with Crippen LogP contribution >= 0.6 is 15.9 Å². The Bertz CT molecular complexity index is 339. The van der Waals surface area contributed by atoms with Crippen LogP contribution in [0, 0.1) is 0 Å². The van der Waals surface area contributed by atoms with E-state index in [1.54, 1.807) is 7.11 Å². The first-order valence-corrected chi connectivity index (χ1v) is 7.09. The fourth-order valence-corrected chi connectivity index (χ4v) is 2.79. The monoisotopic (exact) mass is 297 g/mol. The first kappa shape index (κ1) is 13.1. The summed E-state index contributed by atoms with van der Waals surface area (Å²) in [6.45, 7) is 3.06. The molecule has 1 aromatic rings. The highest BCUT2D eigenvalue weighted by molar-refractivity contribution is 9.10. The Labute approximate surface area is 112 Å². The standard InChI is InChI=1S/C14H20BrNO/c1-17-11-10-16-9-3-2-4-14(16)12-5-7-13(15)8-6-12/h5-8,14H,2-4,9-11H2,1H3. The third-order valence-electron chi connectivity index (χ3n) is 3.45. The van der Waals surface area contributed by atoms with Crippen LogP contribution in [0.4, 0.5) is 0 Å². The molecule has 1 unspecified atom stereocenters. The van der Waals surface area contributed by atoms with Crippen molar-refractivity contribution >= 4 is 15.9 Å². The summed E-state index contributed by atoms with van der Waals surface area (Å²) in [6, 6.07) is 9.32. The normalized spacial score (nSPS) is 21.6. The van der Waals surface area contributed by atoms with E-state index in [4.69, 9.17) is 4.74 Å². The van der Waals surface area contributed by atoms with Crippen LogP contribution in [0.15, 0.2) is 28.7 Å². The predicted octanol–water partition coefficient (Wildman–Crippen LogP) is 3.62. The van der Waals surface area contributed by atoms with Crippen LogP contribution in [0.5, 0.6) is 0 Å². The molecule has 0 aliphatic carbocycles. The molecule has 1 aliphatic rings. The summed E-state index contributed by atoms with van der Waals surface area (Å²) in [5, 5.41) is 0. The van der Waals surface area contributed by atoms with Gasteiger partial charge in [-0.15, -0.1) is 0 Å². The Kier molecular flexibility index (Phi) is 5.01. The highest BCUT2D eigenvalue weighted by Gasteiger charge is 2.23. The molecule has 17 heavy (non-hydrogen) atoms. The maximum Gasteiger partial charge on any atom is 0.0589 e. The number of piperidine rings is 1. The maximum absolute atomic E-state index is 5.20. The van der Waals surface area contributed by atoms with Gasteiger partial charge in [-0.2, -0.15) is 0 Å². The molecule has 0 spiro atoms. The van der Waals surface area contributed by atoms with Gasteiger partial charge in [-0.1, -0.05) is 34.5 Å². The molecule has 1 saturated heterocycles. The van der Waals surface area contributed by atoms with Gasteiger partial charge in [0.15, 0.2) is 0 Å². The average molecular weight is 298 g/mol. The second-order valence-electron chi connectivity index (χ2n) is 4.59. The molecule has 0 bridgehead atoms. The van der Waals surface area contributed by atoms with E-state index in [0.717, 1.165) is 17.6 Å². The second kappa shape index (κ2) is 6.53. The summed E-state index contributed by atoms with van der Waals surface area (Å²) in [5.41, 5.74) is 1.43. The number of hydrogen-bond donors (Lipinski definition) is 0. The van der Waals surface area contributed by atoms with Gasteiger partial charge in [0.2, 0.25) is 0 Å². The summed E-state index contributed by atoms with van der Waals surface area (Å²) in [7, 11) is 1.78. The number of methoxy groups -OCH3 is 1. The summed E-state index contributed by atoms with van der Waals surface area (Å²) in [5.74, 6) is 0. The average Bonchev–Trinajstić information content (AvgIpc) is 2.38. The van der Waals surface area contributed by atoms with Crippen LogP contribution in [-0.4, -0.2) is 31.7 Å². The van der Waals surface area contributed by atoms with E-state index in [-0.39, 0.29) is 0 Å². The van der Waals surface area contributed by atoms with Crippen molar-refractivity contribution in [2.24, 2.45) is 0 Å². The lowest BCUT2D eigenvalue weighted by Gasteiger charge is -2.35. The lowest BCUT2D eigenvalue weighted by Crippen LogP contribution is -2.35. The minimum absolute atomic E-state index is 0.576. The van der Waals surface area contributed by atoms with Gasteiger partial charge >= 0.3 is 0 Å². The van der Waals surface area contributed by atoms with E-state index in [0.29, 0.717) is 6.04 Å². The molecule has 2 rings (SSSR count). The van der Waals surface area contributed by atoms with E-state index < -0.39 is 0 Å². The SMILES string of the molecule is COCCN1CCCCC1c1ccc(Br)cc1. The summed E-state index contributed by atoms with van der Waals surface area (Å²) in [4.78, 5) is 2.55. The number of benzene rings is 1. The minimum atomic E-state index is 0.576. The van der Waals surface area contributed by atoms with E-state index in [9.17, 15) is 0 Å². The van der Waals surface area contributed by atoms with Crippen LogP contribution in [0.1, 0.15) is 30.9 Å². The van der Waals surface area contributed by atoms with Gasteiger partial charge in [0.05, 0.1) is 6.61 Å². The molecule has 0 aromatic heterocycles.